The second kappa shape index (κ2) is 9.02. The summed E-state index contributed by atoms with van der Waals surface area (Å²) in [6.45, 7) is 2.55. The highest BCUT2D eigenvalue weighted by Gasteiger charge is 2.39. The lowest BCUT2D eigenvalue weighted by Crippen LogP contribution is -2.30. The van der Waals surface area contributed by atoms with Crippen LogP contribution in [0.4, 0.5) is 0 Å². The van der Waals surface area contributed by atoms with E-state index in [1.165, 1.54) is 23.3 Å². The molecule has 4 aliphatic rings. The van der Waals surface area contributed by atoms with Crippen LogP contribution >= 0.6 is 0 Å². The van der Waals surface area contributed by atoms with Crippen molar-refractivity contribution in [1.29, 1.82) is 0 Å². The van der Waals surface area contributed by atoms with Gasteiger partial charge >= 0.3 is 0 Å². The maximum absolute atomic E-state index is 10.6. The normalized spacial score (nSPS) is 30.4. The second-order valence-electron chi connectivity index (χ2n) is 9.15. The predicted molar refractivity (Wildman–Crippen MR) is 126 cm³/mol. The number of aliphatic hydroxyl groups excluding tert-OH is 3. The number of hydrogen-bond acceptors (Lipinski definition) is 6. The van der Waals surface area contributed by atoms with Crippen molar-refractivity contribution in [2.75, 3.05) is 6.61 Å². The van der Waals surface area contributed by atoms with E-state index >= 15 is 0 Å². The van der Waals surface area contributed by atoms with Crippen molar-refractivity contribution in [3.8, 4) is 5.88 Å². The standard InChI is InChI=1S/C27H30N2O4/c1-2-11-33-25-15-22(28-27(29-25)26-23(31)13-17(30)14-24(26)32)21-12-16-7-3-4-8-18(16)19-9-5-6-10-20(19)21/h4-6,8-10,13-15,19-21,23,26,30-32H,2-3,7,11-12H2,1H3. The van der Waals surface area contributed by atoms with Gasteiger partial charge in [-0.2, -0.15) is 4.98 Å². The Morgan fingerprint density at radius 2 is 2.00 bits per heavy atom. The number of nitrogens with zero attached hydrogens (tertiary/aromatic N) is 2. The third kappa shape index (κ3) is 4.15. The number of aliphatic hydroxyl groups is 3. The summed E-state index contributed by atoms with van der Waals surface area (Å²) in [5.41, 5.74) is 3.78. The molecular weight excluding hydrogens is 416 g/mol. The quantitative estimate of drug-likeness (QED) is 0.582. The van der Waals surface area contributed by atoms with E-state index in [0.717, 1.165) is 31.4 Å². The summed E-state index contributed by atoms with van der Waals surface area (Å²) in [4.78, 5) is 9.42. The number of rotatable bonds is 5. The highest BCUT2D eigenvalue weighted by atomic mass is 16.5. The van der Waals surface area contributed by atoms with Gasteiger partial charge < -0.3 is 20.1 Å². The lowest BCUT2D eigenvalue weighted by Gasteiger charge is -2.40. The third-order valence-corrected chi connectivity index (χ3v) is 6.94. The van der Waals surface area contributed by atoms with Gasteiger partial charge in [-0.3, -0.25) is 0 Å². The molecule has 4 aliphatic carbocycles. The summed E-state index contributed by atoms with van der Waals surface area (Å²) in [5.74, 6) is 0.292. The minimum atomic E-state index is -1.13. The van der Waals surface area contributed by atoms with Gasteiger partial charge in [-0.1, -0.05) is 49.0 Å². The maximum atomic E-state index is 10.6. The molecule has 0 saturated heterocycles. The molecular formula is C27H30N2O4. The summed E-state index contributed by atoms with van der Waals surface area (Å²) < 4.78 is 5.90. The van der Waals surface area contributed by atoms with Crippen molar-refractivity contribution >= 4 is 0 Å². The van der Waals surface area contributed by atoms with Gasteiger partial charge in [0.15, 0.2) is 0 Å². The fourth-order valence-corrected chi connectivity index (χ4v) is 5.41. The Balaban J connectivity index is 1.57. The van der Waals surface area contributed by atoms with Crippen LogP contribution in [-0.4, -0.2) is 38.0 Å². The molecule has 6 heteroatoms. The minimum absolute atomic E-state index is 0.142. The molecule has 5 atom stereocenters. The van der Waals surface area contributed by atoms with Crippen LogP contribution in [0.1, 0.15) is 56.0 Å². The first kappa shape index (κ1) is 21.7. The molecule has 6 nitrogen and oxygen atoms in total. The molecule has 172 valence electrons. The van der Waals surface area contributed by atoms with Crippen LogP contribution in [0.5, 0.6) is 5.88 Å². The molecule has 0 amide bonds. The van der Waals surface area contributed by atoms with Crippen LogP contribution in [0.2, 0.25) is 0 Å². The summed E-state index contributed by atoms with van der Waals surface area (Å²) >= 11 is 0. The molecule has 33 heavy (non-hydrogen) atoms. The lowest BCUT2D eigenvalue weighted by atomic mass is 9.65. The van der Waals surface area contributed by atoms with Crippen molar-refractivity contribution in [2.45, 2.75) is 50.5 Å². The first-order valence-corrected chi connectivity index (χ1v) is 11.8. The molecule has 0 spiro atoms. The summed E-state index contributed by atoms with van der Waals surface area (Å²) in [6.07, 6.45) is 18.6. The first-order valence-electron chi connectivity index (χ1n) is 11.8. The number of allylic oxidation sites excluding steroid dienone is 9. The zero-order valence-corrected chi connectivity index (χ0v) is 18.8. The Kier molecular flexibility index (Phi) is 5.94. The van der Waals surface area contributed by atoms with Crippen LogP contribution in [-0.2, 0) is 0 Å². The minimum Gasteiger partial charge on any atom is -0.511 e. The first-order chi connectivity index (χ1) is 16.0. The SMILES string of the molecule is CCCOc1cc(C2CC3=C(C=CCC3)C3C=CC=CC32)nc(C2C(O)=CC(O)=CC2O)n1. The summed E-state index contributed by atoms with van der Waals surface area (Å²) in [7, 11) is 0. The molecule has 0 radical (unpaired) electrons. The average Bonchev–Trinajstić information content (AvgIpc) is 2.81. The molecule has 1 aromatic rings. The fraction of sp³-hybridized carbons (Fsp3) is 0.407. The molecule has 3 N–H and O–H groups in total. The molecule has 1 aromatic heterocycles. The van der Waals surface area contributed by atoms with Crippen molar-refractivity contribution < 1.29 is 20.1 Å². The van der Waals surface area contributed by atoms with E-state index in [9.17, 15) is 15.3 Å². The fourth-order valence-electron chi connectivity index (χ4n) is 5.41. The smallest absolute Gasteiger partial charge is 0.216 e. The van der Waals surface area contributed by atoms with Gasteiger partial charge in [-0.05, 0) is 43.3 Å². The Morgan fingerprint density at radius 1 is 1.15 bits per heavy atom. The van der Waals surface area contributed by atoms with Crippen LogP contribution in [0.3, 0.4) is 0 Å². The Hall–Kier alpha value is -3.12. The van der Waals surface area contributed by atoms with Crippen LogP contribution < -0.4 is 4.74 Å². The van der Waals surface area contributed by atoms with Gasteiger partial charge in [0.1, 0.15) is 23.3 Å². The molecule has 0 fully saturated rings. The topological polar surface area (TPSA) is 95.7 Å². The van der Waals surface area contributed by atoms with Gasteiger partial charge in [-0.25, -0.2) is 4.98 Å². The molecule has 5 unspecified atom stereocenters. The van der Waals surface area contributed by atoms with E-state index < -0.39 is 12.0 Å². The number of fused-ring (bicyclic) bond motifs is 2. The number of hydrogen-bond donors (Lipinski definition) is 3. The largest absolute Gasteiger partial charge is 0.511 e. The zero-order valence-electron chi connectivity index (χ0n) is 18.8. The maximum Gasteiger partial charge on any atom is 0.216 e. The number of ether oxygens (including phenoxy) is 1. The van der Waals surface area contributed by atoms with E-state index in [-0.39, 0.29) is 23.4 Å². The molecule has 0 saturated carbocycles. The monoisotopic (exact) mass is 446 g/mol. The zero-order chi connectivity index (χ0) is 22.9. The van der Waals surface area contributed by atoms with Gasteiger partial charge in [0.2, 0.25) is 5.88 Å². The van der Waals surface area contributed by atoms with Crippen molar-refractivity contribution in [1.82, 2.24) is 9.97 Å². The van der Waals surface area contributed by atoms with E-state index in [4.69, 9.17) is 9.72 Å². The van der Waals surface area contributed by atoms with Gasteiger partial charge in [-0.15, -0.1) is 0 Å². The van der Waals surface area contributed by atoms with E-state index in [2.05, 4.69) is 41.4 Å². The third-order valence-electron chi connectivity index (χ3n) is 6.94. The van der Waals surface area contributed by atoms with E-state index in [1.807, 2.05) is 13.0 Å². The van der Waals surface area contributed by atoms with Crippen molar-refractivity contribution in [3.63, 3.8) is 0 Å². The molecule has 0 aliphatic heterocycles. The van der Waals surface area contributed by atoms with Crippen LogP contribution in [0.25, 0.3) is 0 Å². The Morgan fingerprint density at radius 3 is 2.82 bits per heavy atom. The van der Waals surface area contributed by atoms with Crippen molar-refractivity contribution in [3.05, 3.63) is 88.9 Å². The Bertz CT molecular complexity index is 1110. The molecule has 0 aromatic carbocycles. The van der Waals surface area contributed by atoms with Crippen molar-refractivity contribution in [2.24, 2.45) is 11.8 Å². The summed E-state index contributed by atoms with van der Waals surface area (Å²) in [5, 5.41) is 30.9. The lowest BCUT2D eigenvalue weighted by molar-refractivity contribution is 0.163. The van der Waals surface area contributed by atoms with Crippen LogP contribution in [0.15, 0.2) is 77.3 Å². The van der Waals surface area contributed by atoms with E-state index in [1.54, 1.807) is 0 Å². The predicted octanol–water partition coefficient (Wildman–Crippen LogP) is 5.10. The highest BCUT2D eigenvalue weighted by Crippen LogP contribution is 2.49. The average molecular weight is 447 g/mol. The molecule has 5 rings (SSSR count). The van der Waals surface area contributed by atoms with Crippen LogP contribution in [0, 0.1) is 11.8 Å². The van der Waals surface area contributed by atoms with E-state index in [0.29, 0.717) is 24.2 Å². The highest BCUT2D eigenvalue weighted by molar-refractivity contribution is 5.43. The number of aromatic nitrogens is 2. The molecule has 1 heterocycles. The second-order valence-corrected chi connectivity index (χ2v) is 9.15. The van der Waals surface area contributed by atoms with Gasteiger partial charge in [0, 0.05) is 24.0 Å². The van der Waals surface area contributed by atoms with Gasteiger partial charge in [0.05, 0.1) is 18.4 Å². The molecule has 0 bridgehead atoms. The van der Waals surface area contributed by atoms with Gasteiger partial charge in [0.25, 0.3) is 0 Å². The Labute approximate surface area is 194 Å². The summed E-state index contributed by atoms with van der Waals surface area (Å²) in [6, 6.07) is 1.92.